The van der Waals surface area contributed by atoms with Crippen LogP contribution < -0.4 is 14.8 Å². The Bertz CT molecular complexity index is 377. The second-order valence-corrected chi connectivity index (χ2v) is 5.34. The molecule has 1 rings (SSSR count). The second kappa shape index (κ2) is 6.78. The van der Waals surface area contributed by atoms with Crippen LogP contribution >= 0.6 is 0 Å². The molecule has 0 aromatic heterocycles. The fraction of sp³-hybridized carbons (Fsp3) is 0.600. The average molecular weight is 267 g/mol. The Labute approximate surface area is 116 Å². The standard InChI is InChI=1S/C15H25NO3/c1-15(2,3)19-10-11(16-4)14-12(17-5)8-7-9-13(14)18-6/h7-9,11,16H,10H2,1-6H3. The van der Waals surface area contributed by atoms with Gasteiger partial charge in [-0.15, -0.1) is 0 Å². The first kappa shape index (κ1) is 15.8. The number of hydrogen-bond acceptors (Lipinski definition) is 4. The Kier molecular flexibility index (Phi) is 5.63. The maximum absolute atomic E-state index is 5.86. The molecule has 0 fully saturated rings. The summed E-state index contributed by atoms with van der Waals surface area (Å²) in [7, 11) is 5.23. The van der Waals surface area contributed by atoms with Crippen LogP contribution in [0.4, 0.5) is 0 Å². The summed E-state index contributed by atoms with van der Waals surface area (Å²) in [5.74, 6) is 1.60. The van der Waals surface area contributed by atoms with E-state index in [1.54, 1.807) is 14.2 Å². The van der Waals surface area contributed by atoms with Gasteiger partial charge in [-0.3, -0.25) is 0 Å². The zero-order valence-corrected chi connectivity index (χ0v) is 12.7. The van der Waals surface area contributed by atoms with E-state index in [4.69, 9.17) is 14.2 Å². The van der Waals surface area contributed by atoms with Crippen LogP contribution in [0.5, 0.6) is 11.5 Å². The first-order valence-corrected chi connectivity index (χ1v) is 6.45. The number of hydrogen-bond donors (Lipinski definition) is 1. The van der Waals surface area contributed by atoms with Gasteiger partial charge in [0.1, 0.15) is 11.5 Å². The monoisotopic (exact) mass is 267 g/mol. The highest BCUT2D eigenvalue weighted by Gasteiger charge is 2.22. The predicted octanol–water partition coefficient (Wildman–Crippen LogP) is 2.78. The molecule has 0 radical (unpaired) electrons. The molecule has 4 heteroatoms. The minimum Gasteiger partial charge on any atom is -0.496 e. The van der Waals surface area contributed by atoms with Gasteiger partial charge in [0.05, 0.1) is 38.0 Å². The molecular weight excluding hydrogens is 242 g/mol. The molecule has 0 saturated carbocycles. The van der Waals surface area contributed by atoms with E-state index >= 15 is 0 Å². The quantitative estimate of drug-likeness (QED) is 0.860. The van der Waals surface area contributed by atoms with Crippen LogP contribution in [0.15, 0.2) is 18.2 Å². The lowest BCUT2D eigenvalue weighted by atomic mass is 10.0. The van der Waals surface area contributed by atoms with Crippen molar-refractivity contribution in [1.82, 2.24) is 5.32 Å². The lowest BCUT2D eigenvalue weighted by molar-refractivity contribution is -0.0144. The number of rotatable bonds is 6. The van der Waals surface area contributed by atoms with Crippen LogP contribution in [0.2, 0.25) is 0 Å². The van der Waals surface area contributed by atoms with Crippen molar-refractivity contribution < 1.29 is 14.2 Å². The van der Waals surface area contributed by atoms with E-state index in [-0.39, 0.29) is 11.6 Å². The molecule has 19 heavy (non-hydrogen) atoms. The summed E-state index contributed by atoms with van der Waals surface area (Å²) in [5.41, 5.74) is 0.809. The van der Waals surface area contributed by atoms with Crippen LogP contribution in [-0.4, -0.2) is 33.5 Å². The maximum Gasteiger partial charge on any atom is 0.127 e. The van der Waals surface area contributed by atoms with E-state index in [0.717, 1.165) is 17.1 Å². The van der Waals surface area contributed by atoms with Crippen molar-refractivity contribution >= 4 is 0 Å². The first-order chi connectivity index (χ1) is 8.92. The van der Waals surface area contributed by atoms with E-state index < -0.39 is 0 Å². The van der Waals surface area contributed by atoms with E-state index in [2.05, 4.69) is 5.32 Å². The number of benzene rings is 1. The Morgan fingerprint density at radius 1 is 1.11 bits per heavy atom. The van der Waals surface area contributed by atoms with Crippen molar-refractivity contribution in [2.75, 3.05) is 27.9 Å². The summed E-state index contributed by atoms with van der Waals surface area (Å²) < 4.78 is 16.7. The second-order valence-electron chi connectivity index (χ2n) is 5.34. The van der Waals surface area contributed by atoms with Gasteiger partial charge in [0, 0.05) is 0 Å². The highest BCUT2D eigenvalue weighted by atomic mass is 16.5. The largest absolute Gasteiger partial charge is 0.496 e. The molecule has 0 spiro atoms. The van der Waals surface area contributed by atoms with Crippen molar-refractivity contribution in [3.63, 3.8) is 0 Å². The highest BCUT2D eigenvalue weighted by Crippen LogP contribution is 2.34. The molecule has 0 aliphatic carbocycles. The molecule has 1 N–H and O–H groups in total. The molecule has 4 nitrogen and oxygen atoms in total. The number of methoxy groups -OCH3 is 2. The van der Waals surface area contributed by atoms with Crippen LogP contribution in [-0.2, 0) is 4.74 Å². The average Bonchev–Trinajstić information content (AvgIpc) is 2.38. The molecule has 108 valence electrons. The lowest BCUT2D eigenvalue weighted by Crippen LogP contribution is -2.29. The molecule has 1 aromatic rings. The third-order valence-corrected chi connectivity index (χ3v) is 2.85. The Morgan fingerprint density at radius 3 is 2.00 bits per heavy atom. The minimum atomic E-state index is -0.176. The summed E-state index contributed by atoms with van der Waals surface area (Å²) in [6.45, 7) is 6.67. The molecule has 0 bridgehead atoms. The molecule has 0 amide bonds. The van der Waals surface area contributed by atoms with Gasteiger partial charge in [0.25, 0.3) is 0 Å². The van der Waals surface area contributed by atoms with Gasteiger partial charge in [-0.1, -0.05) is 6.07 Å². The molecule has 1 aromatic carbocycles. The third-order valence-electron chi connectivity index (χ3n) is 2.85. The molecule has 0 saturated heterocycles. The summed E-state index contributed by atoms with van der Waals surface area (Å²) >= 11 is 0. The summed E-state index contributed by atoms with van der Waals surface area (Å²) in [5, 5.41) is 3.26. The summed E-state index contributed by atoms with van der Waals surface area (Å²) in [4.78, 5) is 0. The van der Waals surface area contributed by atoms with Crippen molar-refractivity contribution in [3.8, 4) is 11.5 Å². The Hall–Kier alpha value is -1.26. The molecule has 0 aliphatic rings. The zero-order valence-electron chi connectivity index (χ0n) is 12.7. The van der Waals surface area contributed by atoms with Crippen molar-refractivity contribution in [1.29, 1.82) is 0 Å². The van der Waals surface area contributed by atoms with E-state index in [0.29, 0.717) is 6.61 Å². The van der Waals surface area contributed by atoms with Gasteiger partial charge in [-0.25, -0.2) is 0 Å². The van der Waals surface area contributed by atoms with E-state index in [9.17, 15) is 0 Å². The number of likely N-dealkylation sites (N-methyl/N-ethyl adjacent to an activating group) is 1. The van der Waals surface area contributed by atoms with Gasteiger partial charge in [-0.2, -0.15) is 0 Å². The lowest BCUT2D eigenvalue weighted by Gasteiger charge is -2.26. The minimum absolute atomic E-state index is 0.0188. The van der Waals surface area contributed by atoms with Crippen molar-refractivity contribution in [3.05, 3.63) is 23.8 Å². The Balaban J connectivity index is 3.02. The van der Waals surface area contributed by atoms with Gasteiger partial charge in [0.2, 0.25) is 0 Å². The topological polar surface area (TPSA) is 39.7 Å². The maximum atomic E-state index is 5.86. The molecule has 1 atom stereocenters. The number of nitrogens with one attached hydrogen (secondary N) is 1. The Morgan fingerprint density at radius 2 is 1.63 bits per heavy atom. The van der Waals surface area contributed by atoms with Gasteiger partial charge < -0.3 is 19.5 Å². The highest BCUT2D eigenvalue weighted by molar-refractivity contribution is 5.47. The normalized spacial score (nSPS) is 13.2. The SMILES string of the molecule is CNC(COC(C)(C)C)c1c(OC)cccc1OC. The molecule has 0 heterocycles. The molecule has 0 aliphatic heterocycles. The summed E-state index contributed by atoms with van der Waals surface area (Å²) in [6, 6.07) is 5.79. The van der Waals surface area contributed by atoms with E-state index in [1.165, 1.54) is 0 Å². The van der Waals surface area contributed by atoms with Crippen LogP contribution in [0.3, 0.4) is 0 Å². The molecule has 1 unspecified atom stereocenters. The van der Waals surface area contributed by atoms with Crippen LogP contribution in [0.25, 0.3) is 0 Å². The number of ether oxygens (including phenoxy) is 3. The zero-order chi connectivity index (χ0) is 14.5. The van der Waals surface area contributed by atoms with Gasteiger partial charge in [-0.05, 0) is 40.0 Å². The summed E-state index contributed by atoms with van der Waals surface area (Å²) in [6.07, 6.45) is 0. The van der Waals surface area contributed by atoms with Gasteiger partial charge >= 0.3 is 0 Å². The molecular formula is C15H25NO3. The fourth-order valence-corrected chi connectivity index (χ4v) is 1.87. The fourth-order valence-electron chi connectivity index (χ4n) is 1.87. The smallest absolute Gasteiger partial charge is 0.127 e. The van der Waals surface area contributed by atoms with Gasteiger partial charge in [0.15, 0.2) is 0 Å². The van der Waals surface area contributed by atoms with Crippen LogP contribution in [0, 0.1) is 0 Å². The van der Waals surface area contributed by atoms with Crippen molar-refractivity contribution in [2.45, 2.75) is 32.4 Å². The first-order valence-electron chi connectivity index (χ1n) is 6.45. The van der Waals surface area contributed by atoms with E-state index in [1.807, 2.05) is 46.0 Å². The predicted molar refractivity (Wildman–Crippen MR) is 77.1 cm³/mol. The van der Waals surface area contributed by atoms with Crippen LogP contribution in [0.1, 0.15) is 32.4 Å². The van der Waals surface area contributed by atoms with Crippen molar-refractivity contribution in [2.24, 2.45) is 0 Å². The third kappa shape index (κ3) is 4.40.